The number of aliphatic hydroxyl groups excluding tert-OH is 1. The highest BCUT2D eigenvalue weighted by Crippen LogP contribution is 2.25. The highest BCUT2D eigenvalue weighted by atomic mass is 16.3. The number of amides is 1. The lowest BCUT2D eigenvalue weighted by Crippen LogP contribution is -2.45. The molecule has 1 fully saturated rings. The van der Waals surface area contributed by atoms with Crippen LogP contribution in [0, 0.1) is 0 Å². The Morgan fingerprint density at radius 3 is 2.89 bits per heavy atom. The molecule has 0 aliphatic heterocycles. The molecule has 1 aromatic heterocycles. The summed E-state index contributed by atoms with van der Waals surface area (Å²) in [4.78, 5) is 14.1. The van der Waals surface area contributed by atoms with E-state index in [0.717, 1.165) is 12.8 Å². The second kappa shape index (κ2) is 6.49. The Morgan fingerprint density at radius 2 is 2.33 bits per heavy atom. The molecular formula is C12H20N4O2. The molecule has 1 N–H and O–H groups in total. The molecule has 0 aromatic carbocycles. The van der Waals surface area contributed by atoms with Crippen LogP contribution in [0.15, 0.2) is 12.4 Å². The van der Waals surface area contributed by atoms with Gasteiger partial charge in [0.15, 0.2) is 0 Å². The molecule has 0 radical (unpaired) electrons. The molecule has 0 unspecified atom stereocenters. The average molecular weight is 252 g/mol. The minimum Gasteiger partial charge on any atom is -0.396 e. The van der Waals surface area contributed by atoms with E-state index in [1.165, 1.54) is 6.42 Å². The van der Waals surface area contributed by atoms with E-state index in [-0.39, 0.29) is 12.5 Å². The summed E-state index contributed by atoms with van der Waals surface area (Å²) in [6.07, 6.45) is 7.88. The number of rotatable bonds is 7. The van der Waals surface area contributed by atoms with Crippen LogP contribution in [0.4, 0.5) is 0 Å². The van der Waals surface area contributed by atoms with Gasteiger partial charge in [0, 0.05) is 31.8 Å². The number of nitrogens with zero attached hydrogens (tertiary/aromatic N) is 4. The fourth-order valence-corrected chi connectivity index (χ4v) is 2.16. The molecular weight excluding hydrogens is 232 g/mol. The van der Waals surface area contributed by atoms with Crippen molar-refractivity contribution in [1.82, 2.24) is 19.9 Å². The summed E-state index contributed by atoms with van der Waals surface area (Å²) in [6.45, 7) is 1.37. The monoisotopic (exact) mass is 252 g/mol. The van der Waals surface area contributed by atoms with E-state index >= 15 is 0 Å². The van der Waals surface area contributed by atoms with Crippen LogP contribution in [0.25, 0.3) is 0 Å². The van der Waals surface area contributed by atoms with Crippen LogP contribution in [0.1, 0.15) is 32.1 Å². The first kappa shape index (κ1) is 13.0. The Labute approximate surface area is 107 Å². The topological polar surface area (TPSA) is 71.2 Å². The number of hydrogen-bond donors (Lipinski definition) is 1. The van der Waals surface area contributed by atoms with E-state index in [2.05, 4.69) is 10.3 Å². The van der Waals surface area contributed by atoms with Gasteiger partial charge in [0.25, 0.3) is 0 Å². The lowest BCUT2D eigenvalue weighted by atomic mass is 9.91. The average Bonchev–Trinajstić information content (AvgIpc) is 2.81. The number of hydrogen-bond acceptors (Lipinski definition) is 4. The fraction of sp³-hybridized carbons (Fsp3) is 0.750. The first-order valence-electron chi connectivity index (χ1n) is 6.55. The lowest BCUT2D eigenvalue weighted by Gasteiger charge is -2.37. The van der Waals surface area contributed by atoms with Crippen molar-refractivity contribution in [1.29, 1.82) is 0 Å². The first-order chi connectivity index (χ1) is 8.81. The van der Waals surface area contributed by atoms with Crippen molar-refractivity contribution < 1.29 is 9.90 Å². The van der Waals surface area contributed by atoms with Crippen LogP contribution in [-0.4, -0.2) is 50.1 Å². The van der Waals surface area contributed by atoms with Crippen LogP contribution in [-0.2, 0) is 11.3 Å². The third-order valence-electron chi connectivity index (χ3n) is 3.42. The van der Waals surface area contributed by atoms with Gasteiger partial charge in [-0.15, -0.1) is 5.10 Å². The highest BCUT2D eigenvalue weighted by molar-refractivity contribution is 5.76. The molecule has 0 saturated heterocycles. The van der Waals surface area contributed by atoms with Crippen LogP contribution < -0.4 is 0 Å². The Balaban J connectivity index is 1.82. The molecule has 1 aliphatic carbocycles. The molecule has 1 aliphatic rings. The maximum Gasteiger partial charge on any atom is 0.224 e. The molecule has 18 heavy (non-hydrogen) atoms. The van der Waals surface area contributed by atoms with Crippen molar-refractivity contribution >= 4 is 5.91 Å². The molecule has 1 amide bonds. The van der Waals surface area contributed by atoms with Gasteiger partial charge in [-0.2, -0.15) is 0 Å². The smallest absolute Gasteiger partial charge is 0.224 e. The Kier molecular flexibility index (Phi) is 4.69. The van der Waals surface area contributed by atoms with E-state index in [1.807, 2.05) is 4.90 Å². The molecule has 0 spiro atoms. The lowest BCUT2D eigenvalue weighted by molar-refractivity contribution is -0.135. The predicted octanol–water partition coefficient (Wildman–Crippen LogP) is 0.432. The summed E-state index contributed by atoms with van der Waals surface area (Å²) in [7, 11) is 0. The highest BCUT2D eigenvalue weighted by Gasteiger charge is 2.27. The predicted molar refractivity (Wildman–Crippen MR) is 65.7 cm³/mol. The standard InChI is InChI=1S/C12H20N4O2/c17-10-2-7-16(11-3-1-4-11)12(18)5-8-15-9-6-13-14-15/h6,9,11,17H,1-5,7-8,10H2. The number of carbonyl (C=O) groups is 1. The summed E-state index contributed by atoms with van der Waals surface area (Å²) in [5, 5.41) is 16.4. The van der Waals surface area contributed by atoms with Gasteiger partial charge in [0.2, 0.25) is 5.91 Å². The van der Waals surface area contributed by atoms with Crippen LogP contribution >= 0.6 is 0 Å². The van der Waals surface area contributed by atoms with Gasteiger partial charge in [0.05, 0.1) is 12.7 Å². The molecule has 100 valence electrons. The zero-order valence-electron chi connectivity index (χ0n) is 10.5. The molecule has 0 bridgehead atoms. The zero-order valence-corrected chi connectivity index (χ0v) is 10.5. The van der Waals surface area contributed by atoms with E-state index in [4.69, 9.17) is 5.11 Å². The SMILES string of the molecule is O=C(CCn1ccnn1)N(CCCO)C1CCC1. The quantitative estimate of drug-likeness (QED) is 0.764. The van der Waals surface area contributed by atoms with E-state index in [9.17, 15) is 4.79 Å². The molecule has 6 nitrogen and oxygen atoms in total. The number of aliphatic hydroxyl groups is 1. The van der Waals surface area contributed by atoms with Gasteiger partial charge in [-0.25, -0.2) is 0 Å². The maximum atomic E-state index is 12.2. The second-order valence-electron chi connectivity index (χ2n) is 4.67. The molecule has 1 saturated carbocycles. The summed E-state index contributed by atoms with van der Waals surface area (Å²) in [5.41, 5.74) is 0. The maximum absolute atomic E-state index is 12.2. The molecule has 1 aromatic rings. The fourth-order valence-electron chi connectivity index (χ4n) is 2.16. The van der Waals surface area contributed by atoms with Crippen molar-refractivity contribution in [2.75, 3.05) is 13.2 Å². The van der Waals surface area contributed by atoms with E-state index in [1.54, 1.807) is 17.1 Å². The van der Waals surface area contributed by atoms with Gasteiger partial charge in [0.1, 0.15) is 0 Å². The third kappa shape index (κ3) is 3.29. The summed E-state index contributed by atoms with van der Waals surface area (Å²) >= 11 is 0. The van der Waals surface area contributed by atoms with Crippen LogP contribution in [0.3, 0.4) is 0 Å². The normalized spacial score (nSPS) is 15.4. The van der Waals surface area contributed by atoms with Crippen LogP contribution in [0.2, 0.25) is 0 Å². The Morgan fingerprint density at radius 1 is 1.50 bits per heavy atom. The Hall–Kier alpha value is -1.43. The summed E-state index contributed by atoms with van der Waals surface area (Å²) in [5.74, 6) is 0.156. The van der Waals surface area contributed by atoms with Gasteiger partial charge >= 0.3 is 0 Å². The van der Waals surface area contributed by atoms with Gasteiger partial charge in [-0.3, -0.25) is 9.48 Å². The summed E-state index contributed by atoms with van der Waals surface area (Å²) in [6, 6.07) is 0.389. The minimum absolute atomic E-state index is 0.138. The van der Waals surface area contributed by atoms with Crippen LogP contribution in [0.5, 0.6) is 0 Å². The van der Waals surface area contributed by atoms with Gasteiger partial charge in [-0.1, -0.05) is 5.21 Å². The third-order valence-corrected chi connectivity index (χ3v) is 3.42. The zero-order chi connectivity index (χ0) is 12.8. The largest absolute Gasteiger partial charge is 0.396 e. The first-order valence-corrected chi connectivity index (χ1v) is 6.55. The van der Waals surface area contributed by atoms with E-state index in [0.29, 0.717) is 32.0 Å². The molecule has 1 heterocycles. The molecule has 6 heteroatoms. The number of carbonyl (C=O) groups excluding carboxylic acids is 1. The Bertz CT molecular complexity index is 362. The number of aromatic nitrogens is 3. The van der Waals surface area contributed by atoms with Gasteiger partial charge in [-0.05, 0) is 25.7 Å². The van der Waals surface area contributed by atoms with Crippen molar-refractivity contribution in [3.05, 3.63) is 12.4 Å². The van der Waals surface area contributed by atoms with Gasteiger partial charge < -0.3 is 10.0 Å². The van der Waals surface area contributed by atoms with Crippen molar-refractivity contribution in [2.24, 2.45) is 0 Å². The van der Waals surface area contributed by atoms with E-state index < -0.39 is 0 Å². The molecule has 0 atom stereocenters. The van der Waals surface area contributed by atoms with Crippen molar-refractivity contribution in [2.45, 2.75) is 44.7 Å². The minimum atomic E-state index is 0.138. The summed E-state index contributed by atoms with van der Waals surface area (Å²) < 4.78 is 1.67. The number of aryl methyl sites for hydroxylation is 1. The molecule has 2 rings (SSSR count). The van der Waals surface area contributed by atoms with Crippen molar-refractivity contribution in [3.63, 3.8) is 0 Å². The van der Waals surface area contributed by atoms with Crippen molar-refractivity contribution in [3.8, 4) is 0 Å². The second-order valence-corrected chi connectivity index (χ2v) is 4.67.